The van der Waals surface area contributed by atoms with Crippen LogP contribution in [0.3, 0.4) is 0 Å². The molecule has 1 aliphatic carbocycles. The Labute approximate surface area is 92.8 Å². The zero-order valence-electron chi connectivity index (χ0n) is 8.46. The van der Waals surface area contributed by atoms with Crippen LogP contribution in [0.2, 0.25) is 0 Å². The molecule has 2 N–H and O–H groups in total. The van der Waals surface area contributed by atoms with Crippen molar-refractivity contribution >= 4 is 21.7 Å². The normalized spacial score (nSPS) is 18.4. The van der Waals surface area contributed by atoms with Gasteiger partial charge in [0.2, 0.25) is 0 Å². The van der Waals surface area contributed by atoms with Crippen molar-refractivity contribution in [2.75, 3.05) is 5.73 Å². The molecule has 4 heteroatoms. The van der Waals surface area contributed by atoms with Crippen molar-refractivity contribution in [3.8, 4) is 0 Å². The molecule has 1 aliphatic rings. The van der Waals surface area contributed by atoms with Crippen molar-refractivity contribution in [2.45, 2.75) is 39.2 Å². The molecule has 0 aliphatic heterocycles. The topological polar surface area (TPSA) is 43.8 Å². The van der Waals surface area contributed by atoms with Gasteiger partial charge in [-0.1, -0.05) is 6.92 Å². The molecule has 0 aromatic carbocycles. The predicted molar refractivity (Wildman–Crippen MR) is 60.9 cm³/mol. The van der Waals surface area contributed by atoms with E-state index in [1.54, 1.807) is 0 Å². The van der Waals surface area contributed by atoms with Crippen molar-refractivity contribution in [3.63, 3.8) is 0 Å². The lowest BCUT2D eigenvalue weighted by Gasteiger charge is -2.06. The van der Waals surface area contributed by atoms with Crippen LogP contribution in [0.25, 0.3) is 0 Å². The largest absolute Gasteiger partial charge is 0.381 e. The van der Waals surface area contributed by atoms with E-state index in [0.717, 1.165) is 11.0 Å². The molecular formula is C10H16BrN3. The molecule has 1 saturated carbocycles. The number of nitrogens with zero attached hydrogens (tertiary/aromatic N) is 2. The maximum atomic E-state index is 5.63. The maximum absolute atomic E-state index is 5.63. The fourth-order valence-electron chi connectivity index (χ4n) is 1.66. The maximum Gasteiger partial charge on any atom is 0.159 e. The van der Waals surface area contributed by atoms with Crippen LogP contribution in [0.1, 0.15) is 32.6 Å². The van der Waals surface area contributed by atoms with Crippen LogP contribution in [0.4, 0.5) is 5.82 Å². The molecule has 1 aromatic rings. The third-order valence-corrected chi connectivity index (χ3v) is 3.63. The van der Waals surface area contributed by atoms with Crippen LogP contribution in [-0.2, 0) is 6.54 Å². The van der Waals surface area contributed by atoms with Gasteiger partial charge in [0.05, 0.1) is 4.47 Å². The fraction of sp³-hybridized carbons (Fsp3) is 0.700. The van der Waals surface area contributed by atoms with Gasteiger partial charge in [-0.25, -0.2) is 0 Å². The highest BCUT2D eigenvalue weighted by molar-refractivity contribution is 9.10. The standard InChI is InChI=1S/C10H16BrN3/c1-10(4-5-10)3-2-6-14-7-8(11)9(12)13-14/h7H,2-6H2,1H3,(H2,12,13). The van der Waals surface area contributed by atoms with Crippen LogP contribution in [0, 0.1) is 5.41 Å². The van der Waals surface area contributed by atoms with Gasteiger partial charge in [-0.2, -0.15) is 5.10 Å². The average Bonchev–Trinajstić information content (AvgIpc) is 2.75. The van der Waals surface area contributed by atoms with Crippen LogP contribution in [0.5, 0.6) is 0 Å². The van der Waals surface area contributed by atoms with Gasteiger partial charge in [0.15, 0.2) is 5.82 Å². The summed E-state index contributed by atoms with van der Waals surface area (Å²) in [5, 5.41) is 4.20. The SMILES string of the molecule is CC1(CCCn2cc(Br)c(N)n2)CC1. The van der Waals surface area contributed by atoms with E-state index in [9.17, 15) is 0 Å². The van der Waals surface area contributed by atoms with Gasteiger partial charge >= 0.3 is 0 Å². The highest BCUT2D eigenvalue weighted by Crippen LogP contribution is 2.48. The summed E-state index contributed by atoms with van der Waals surface area (Å²) in [4.78, 5) is 0. The smallest absolute Gasteiger partial charge is 0.159 e. The van der Waals surface area contributed by atoms with Crippen LogP contribution in [0.15, 0.2) is 10.7 Å². The van der Waals surface area contributed by atoms with E-state index in [0.29, 0.717) is 11.2 Å². The molecule has 1 heterocycles. The molecule has 0 spiro atoms. The lowest BCUT2D eigenvalue weighted by molar-refractivity contribution is 0.451. The van der Waals surface area contributed by atoms with Crippen molar-refractivity contribution in [1.29, 1.82) is 0 Å². The summed E-state index contributed by atoms with van der Waals surface area (Å²) in [5.74, 6) is 0.586. The first kappa shape index (κ1) is 10.0. The van der Waals surface area contributed by atoms with E-state index < -0.39 is 0 Å². The number of rotatable bonds is 4. The minimum absolute atomic E-state index is 0.586. The van der Waals surface area contributed by atoms with E-state index in [1.807, 2.05) is 10.9 Å². The molecule has 1 fully saturated rings. The minimum atomic E-state index is 0.586. The predicted octanol–water partition coefficient (Wildman–Crippen LogP) is 2.81. The van der Waals surface area contributed by atoms with Gasteiger partial charge in [0.1, 0.15) is 0 Å². The monoisotopic (exact) mass is 257 g/mol. The molecule has 0 radical (unpaired) electrons. The molecule has 0 bridgehead atoms. The summed E-state index contributed by atoms with van der Waals surface area (Å²) >= 11 is 3.35. The molecule has 0 amide bonds. The first-order valence-electron chi connectivity index (χ1n) is 5.08. The zero-order valence-corrected chi connectivity index (χ0v) is 10.0. The van der Waals surface area contributed by atoms with Crippen molar-refractivity contribution in [1.82, 2.24) is 9.78 Å². The van der Waals surface area contributed by atoms with E-state index in [2.05, 4.69) is 28.0 Å². The van der Waals surface area contributed by atoms with Crippen LogP contribution < -0.4 is 5.73 Å². The van der Waals surface area contributed by atoms with E-state index in [4.69, 9.17) is 5.73 Å². The number of nitrogens with two attached hydrogens (primary N) is 1. The first-order chi connectivity index (χ1) is 6.59. The molecule has 14 heavy (non-hydrogen) atoms. The Kier molecular flexibility index (Phi) is 2.56. The Morgan fingerprint density at radius 1 is 1.64 bits per heavy atom. The lowest BCUT2D eigenvalue weighted by Crippen LogP contribution is -2.02. The molecule has 3 nitrogen and oxygen atoms in total. The second-order valence-electron chi connectivity index (χ2n) is 4.54. The molecule has 0 saturated heterocycles. The quantitative estimate of drug-likeness (QED) is 0.902. The number of anilines is 1. The van der Waals surface area contributed by atoms with Crippen LogP contribution in [-0.4, -0.2) is 9.78 Å². The summed E-state index contributed by atoms with van der Waals surface area (Å²) in [5.41, 5.74) is 6.28. The van der Waals surface area contributed by atoms with E-state index >= 15 is 0 Å². The Hall–Kier alpha value is -0.510. The summed E-state index contributed by atoms with van der Waals surface area (Å²) in [6.45, 7) is 3.34. The lowest BCUT2D eigenvalue weighted by atomic mass is 10.0. The van der Waals surface area contributed by atoms with Gasteiger partial charge in [-0.3, -0.25) is 4.68 Å². The zero-order chi connectivity index (χ0) is 10.2. The molecular weight excluding hydrogens is 242 g/mol. The van der Waals surface area contributed by atoms with E-state index in [1.165, 1.54) is 25.7 Å². The summed E-state index contributed by atoms with van der Waals surface area (Å²) < 4.78 is 2.82. The van der Waals surface area contributed by atoms with Crippen molar-refractivity contribution < 1.29 is 0 Å². The van der Waals surface area contributed by atoms with Gasteiger partial charge in [-0.05, 0) is 47.0 Å². The number of halogens is 1. The first-order valence-corrected chi connectivity index (χ1v) is 5.87. The molecule has 2 rings (SSSR count). The molecule has 78 valence electrons. The Morgan fingerprint density at radius 2 is 2.36 bits per heavy atom. The highest BCUT2D eigenvalue weighted by atomic mass is 79.9. The van der Waals surface area contributed by atoms with Crippen molar-refractivity contribution in [2.24, 2.45) is 5.41 Å². The van der Waals surface area contributed by atoms with Gasteiger partial charge < -0.3 is 5.73 Å². The van der Waals surface area contributed by atoms with Gasteiger partial charge in [0, 0.05) is 12.7 Å². The molecule has 1 aromatic heterocycles. The summed E-state index contributed by atoms with van der Waals surface area (Å²) in [6.07, 6.45) is 7.26. The number of hydrogen-bond donors (Lipinski definition) is 1. The molecule has 0 unspecified atom stereocenters. The Bertz CT molecular complexity index is 309. The second-order valence-corrected chi connectivity index (χ2v) is 5.39. The van der Waals surface area contributed by atoms with Crippen molar-refractivity contribution in [3.05, 3.63) is 10.7 Å². The van der Waals surface area contributed by atoms with Gasteiger partial charge in [-0.15, -0.1) is 0 Å². The average molecular weight is 258 g/mol. The van der Waals surface area contributed by atoms with E-state index in [-0.39, 0.29) is 0 Å². The highest BCUT2D eigenvalue weighted by Gasteiger charge is 2.36. The summed E-state index contributed by atoms with van der Waals surface area (Å²) in [7, 11) is 0. The second kappa shape index (κ2) is 3.57. The Balaban J connectivity index is 1.80. The third kappa shape index (κ3) is 2.29. The third-order valence-electron chi connectivity index (χ3n) is 3.01. The number of nitrogen functional groups attached to an aromatic ring is 1. The number of hydrogen-bond acceptors (Lipinski definition) is 2. The number of aromatic nitrogens is 2. The summed E-state index contributed by atoms with van der Waals surface area (Å²) in [6, 6.07) is 0. The number of aryl methyl sites for hydroxylation is 1. The minimum Gasteiger partial charge on any atom is -0.381 e. The van der Waals surface area contributed by atoms with Gasteiger partial charge in [0.25, 0.3) is 0 Å². The van der Waals surface area contributed by atoms with Crippen LogP contribution >= 0.6 is 15.9 Å². The Morgan fingerprint density at radius 3 is 2.86 bits per heavy atom. The fourth-order valence-corrected chi connectivity index (χ4v) is 1.97. The molecule has 0 atom stereocenters.